The van der Waals surface area contributed by atoms with Crippen molar-refractivity contribution < 1.29 is 4.79 Å². The van der Waals surface area contributed by atoms with Gasteiger partial charge in [0.15, 0.2) is 0 Å². The van der Waals surface area contributed by atoms with Crippen LogP contribution in [0, 0.1) is 17.8 Å². The summed E-state index contributed by atoms with van der Waals surface area (Å²) in [6, 6.07) is 5.00. The number of rotatable bonds is 6. The van der Waals surface area contributed by atoms with Gasteiger partial charge in [-0.3, -0.25) is 10.6 Å². The molecule has 0 radical (unpaired) electrons. The van der Waals surface area contributed by atoms with Crippen molar-refractivity contribution in [3.05, 3.63) is 28.8 Å². The summed E-state index contributed by atoms with van der Waals surface area (Å²) in [5, 5.41) is 3.48. The van der Waals surface area contributed by atoms with E-state index in [9.17, 15) is 4.79 Å². The highest BCUT2D eigenvalue weighted by Crippen LogP contribution is 2.22. The molecule has 0 fully saturated rings. The minimum Gasteiger partial charge on any atom is -0.352 e. The van der Waals surface area contributed by atoms with Crippen molar-refractivity contribution in [3.63, 3.8) is 0 Å². The van der Waals surface area contributed by atoms with Crippen LogP contribution in [0.2, 0.25) is 5.02 Å². The molecule has 0 aliphatic heterocycles. The van der Waals surface area contributed by atoms with Gasteiger partial charge in [0.05, 0.1) is 11.3 Å². The minimum absolute atomic E-state index is 0.160. The molecule has 0 bridgehead atoms. The van der Waals surface area contributed by atoms with Gasteiger partial charge in [0.2, 0.25) is 0 Å². The molecular weight excluding hydrogens is 274 g/mol. The van der Waals surface area contributed by atoms with Gasteiger partial charge in [-0.1, -0.05) is 39.3 Å². The number of nitrogens with two attached hydrogens (primary N) is 1. The number of nitrogen functional groups attached to an aromatic ring is 1. The van der Waals surface area contributed by atoms with Gasteiger partial charge in [-0.2, -0.15) is 0 Å². The second kappa shape index (κ2) is 7.50. The molecule has 1 aromatic rings. The van der Waals surface area contributed by atoms with Crippen molar-refractivity contribution >= 4 is 23.2 Å². The van der Waals surface area contributed by atoms with E-state index in [0.717, 1.165) is 0 Å². The molecule has 4 nitrogen and oxygen atoms in total. The Bertz CT molecular complexity index is 452. The number of benzene rings is 1. The molecule has 1 aromatic carbocycles. The topological polar surface area (TPSA) is 67.2 Å². The van der Waals surface area contributed by atoms with Crippen LogP contribution in [0.1, 0.15) is 38.1 Å². The fourth-order valence-electron chi connectivity index (χ4n) is 2.38. The molecule has 0 aliphatic rings. The van der Waals surface area contributed by atoms with E-state index in [2.05, 4.69) is 38.4 Å². The zero-order valence-electron chi connectivity index (χ0n) is 12.5. The Balaban J connectivity index is 2.79. The highest BCUT2D eigenvalue weighted by atomic mass is 35.5. The number of hydrogen-bond donors (Lipinski definition) is 3. The van der Waals surface area contributed by atoms with Gasteiger partial charge in [-0.15, -0.1) is 0 Å². The average Bonchev–Trinajstić information content (AvgIpc) is 2.37. The molecule has 5 heteroatoms. The minimum atomic E-state index is -0.160. The van der Waals surface area contributed by atoms with Crippen LogP contribution in [0.25, 0.3) is 0 Å². The fourth-order valence-corrected chi connectivity index (χ4v) is 2.55. The van der Waals surface area contributed by atoms with Gasteiger partial charge in [0.25, 0.3) is 5.91 Å². The summed E-state index contributed by atoms with van der Waals surface area (Å²) in [6.45, 7) is 9.32. The Labute approximate surface area is 126 Å². The highest BCUT2D eigenvalue weighted by Gasteiger charge is 2.19. The van der Waals surface area contributed by atoms with Crippen molar-refractivity contribution in [2.24, 2.45) is 23.6 Å². The van der Waals surface area contributed by atoms with E-state index in [4.69, 9.17) is 17.4 Å². The second-order valence-electron chi connectivity index (χ2n) is 5.70. The van der Waals surface area contributed by atoms with Crippen LogP contribution in [-0.2, 0) is 0 Å². The van der Waals surface area contributed by atoms with E-state index in [-0.39, 0.29) is 5.91 Å². The van der Waals surface area contributed by atoms with Crippen molar-refractivity contribution in [2.75, 3.05) is 12.0 Å². The van der Waals surface area contributed by atoms with E-state index in [0.29, 0.717) is 40.6 Å². The van der Waals surface area contributed by atoms with Crippen molar-refractivity contribution in [1.82, 2.24) is 5.32 Å². The van der Waals surface area contributed by atoms with E-state index in [1.54, 1.807) is 18.2 Å². The first-order valence-electron chi connectivity index (χ1n) is 6.91. The molecule has 0 heterocycles. The zero-order valence-corrected chi connectivity index (χ0v) is 13.3. The first-order valence-corrected chi connectivity index (χ1v) is 7.29. The molecule has 1 amide bonds. The Kier molecular flexibility index (Phi) is 6.30. The Morgan fingerprint density at radius 3 is 2.35 bits per heavy atom. The van der Waals surface area contributed by atoms with Crippen LogP contribution in [0.4, 0.5) is 5.69 Å². The number of hydrazine groups is 1. The monoisotopic (exact) mass is 297 g/mol. The summed E-state index contributed by atoms with van der Waals surface area (Å²) < 4.78 is 0. The molecule has 0 aliphatic carbocycles. The quantitative estimate of drug-likeness (QED) is 0.557. The van der Waals surface area contributed by atoms with Crippen LogP contribution in [0.15, 0.2) is 18.2 Å². The van der Waals surface area contributed by atoms with Crippen molar-refractivity contribution in [2.45, 2.75) is 27.7 Å². The molecule has 112 valence electrons. The lowest BCUT2D eigenvalue weighted by atomic mass is 9.85. The predicted octanol–water partition coefficient (Wildman–Crippen LogP) is 3.28. The third kappa shape index (κ3) is 4.39. The van der Waals surface area contributed by atoms with E-state index >= 15 is 0 Å². The number of amides is 1. The molecule has 0 unspecified atom stereocenters. The third-order valence-electron chi connectivity index (χ3n) is 3.59. The molecule has 0 spiro atoms. The number of halogens is 1. The molecule has 20 heavy (non-hydrogen) atoms. The molecule has 0 saturated carbocycles. The Morgan fingerprint density at radius 1 is 1.25 bits per heavy atom. The summed E-state index contributed by atoms with van der Waals surface area (Å²) in [4.78, 5) is 12.3. The van der Waals surface area contributed by atoms with Crippen LogP contribution in [0.5, 0.6) is 0 Å². The lowest BCUT2D eigenvalue weighted by molar-refractivity contribution is 0.0938. The third-order valence-corrected chi connectivity index (χ3v) is 3.83. The van der Waals surface area contributed by atoms with Gasteiger partial charge in [0, 0.05) is 11.6 Å². The number of hydrogen-bond acceptors (Lipinski definition) is 3. The Morgan fingerprint density at radius 2 is 1.85 bits per heavy atom. The van der Waals surface area contributed by atoms with Crippen LogP contribution in [-0.4, -0.2) is 12.5 Å². The summed E-state index contributed by atoms with van der Waals surface area (Å²) in [7, 11) is 0. The number of carbonyl (C=O) groups is 1. The lowest BCUT2D eigenvalue weighted by Gasteiger charge is -2.25. The molecule has 0 saturated heterocycles. The largest absolute Gasteiger partial charge is 0.352 e. The maximum atomic E-state index is 12.3. The summed E-state index contributed by atoms with van der Waals surface area (Å²) >= 11 is 5.93. The van der Waals surface area contributed by atoms with E-state index < -0.39 is 0 Å². The second-order valence-corrected chi connectivity index (χ2v) is 6.13. The maximum Gasteiger partial charge on any atom is 0.253 e. The summed E-state index contributed by atoms with van der Waals surface area (Å²) in [5.41, 5.74) is 3.55. The van der Waals surface area contributed by atoms with Crippen LogP contribution in [0.3, 0.4) is 0 Å². The van der Waals surface area contributed by atoms with Gasteiger partial charge in [-0.25, -0.2) is 0 Å². The first-order chi connectivity index (χ1) is 9.36. The van der Waals surface area contributed by atoms with Gasteiger partial charge in [0.1, 0.15) is 0 Å². The van der Waals surface area contributed by atoms with E-state index in [1.807, 2.05) is 0 Å². The van der Waals surface area contributed by atoms with Crippen LogP contribution >= 0.6 is 11.6 Å². The van der Waals surface area contributed by atoms with Gasteiger partial charge >= 0.3 is 0 Å². The van der Waals surface area contributed by atoms with Gasteiger partial charge in [-0.05, 0) is 36.0 Å². The normalized spacial score (nSPS) is 11.2. The maximum absolute atomic E-state index is 12.3. The molecule has 1 rings (SSSR count). The molecular formula is C15H24ClN3O. The predicted molar refractivity (Wildman–Crippen MR) is 84.8 cm³/mol. The summed E-state index contributed by atoms with van der Waals surface area (Å²) in [6.07, 6.45) is 0. The smallest absolute Gasteiger partial charge is 0.253 e. The van der Waals surface area contributed by atoms with E-state index in [1.165, 1.54) is 0 Å². The summed E-state index contributed by atoms with van der Waals surface area (Å²) in [5.74, 6) is 6.73. The molecule has 0 aromatic heterocycles. The van der Waals surface area contributed by atoms with Crippen molar-refractivity contribution in [1.29, 1.82) is 0 Å². The fraction of sp³-hybridized carbons (Fsp3) is 0.533. The lowest BCUT2D eigenvalue weighted by Crippen LogP contribution is -2.34. The van der Waals surface area contributed by atoms with Crippen LogP contribution < -0.4 is 16.6 Å². The molecule has 4 N–H and O–H groups in total. The number of nitrogens with one attached hydrogen (secondary N) is 2. The standard InChI is InChI=1S/C15H24ClN3O/c1-9(2)13(10(3)4)8-18-15(20)12-7-11(16)5-6-14(12)19-17/h5-7,9-10,13,19H,8,17H2,1-4H3,(H,18,20). The van der Waals surface area contributed by atoms with Crippen molar-refractivity contribution in [3.8, 4) is 0 Å². The number of anilines is 1. The highest BCUT2D eigenvalue weighted by molar-refractivity contribution is 6.31. The Hall–Kier alpha value is -1.26. The molecule has 0 atom stereocenters. The average molecular weight is 298 g/mol. The SMILES string of the molecule is CC(C)C(CNC(=O)c1cc(Cl)ccc1NN)C(C)C. The zero-order chi connectivity index (χ0) is 15.3. The van der Waals surface area contributed by atoms with Gasteiger partial charge < -0.3 is 10.7 Å². The number of carbonyl (C=O) groups excluding carboxylic acids is 1. The first kappa shape index (κ1) is 16.8.